The summed E-state index contributed by atoms with van der Waals surface area (Å²) in [6.45, 7) is 4.86. The zero-order valence-corrected chi connectivity index (χ0v) is 15.8. The Hall–Kier alpha value is -2.05. The average Bonchev–Trinajstić information content (AvgIpc) is 3.12. The number of nitrogens with zero attached hydrogens (tertiary/aromatic N) is 1. The topological polar surface area (TPSA) is 76.3 Å². The van der Waals surface area contributed by atoms with Crippen LogP contribution in [0.1, 0.15) is 34.5 Å². The van der Waals surface area contributed by atoms with Crippen molar-refractivity contribution in [1.29, 1.82) is 0 Å². The summed E-state index contributed by atoms with van der Waals surface area (Å²) in [5, 5.41) is 6.19. The van der Waals surface area contributed by atoms with Gasteiger partial charge in [-0.1, -0.05) is 0 Å². The third-order valence-corrected chi connectivity index (χ3v) is 4.69. The number of aromatic nitrogens is 1. The van der Waals surface area contributed by atoms with Crippen LogP contribution < -0.4 is 16.2 Å². The summed E-state index contributed by atoms with van der Waals surface area (Å²) in [5.74, 6) is 0.932. The molecule has 1 saturated heterocycles. The first-order valence-corrected chi connectivity index (χ1v) is 8.86. The van der Waals surface area contributed by atoms with Gasteiger partial charge >= 0.3 is 0 Å². The summed E-state index contributed by atoms with van der Waals surface area (Å²) in [6.07, 6.45) is 6.25. The second-order valence-corrected chi connectivity index (χ2v) is 6.63. The Morgan fingerprint density at radius 1 is 1.42 bits per heavy atom. The molecule has 0 aliphatic carbocycles. The second kappa shape index (κ2) is 9.59. The van der Waals surface area contributed by atoms with Crippen molar-refractivity contribution in [2.75, 3.05) is 19.6 Å². The van der Waals surface area contributed by atoms with E-state index in [1.54, 1.807) is 24.0 Å². The van der Waals surface area contributed by atoms with E-state index in [4.69, 9.17) is 4.42 Å². The van der Waals surface area contributed by atoms with Gasteiger partial charge in [0.15, 0.2) is 0 Å². The van der Waals surface area contributed by atoms with Gasteiger partial charge in [0.2, 0.25) is 0 Å². The van der Waals surface area contributed by atoms with Crippen LogP contribution in [0, 0.1) is 12.8 Å². The summed E-state index contributed by atoms with van der Waals surface area (Å²) < 4.78 is 6.92. The molecule has 1 unspecified atom stereocenters. The number of piperidine rings is 1. The van der Waals surface area contributed by atoms with E-state index in [0.717, 1.165) is 31.7 Å². The quantitative estimate of drug-likeness (QED) is 0.806. The van der Waals surface area contributed by atoms with Crippen molar-refractivity contribution in [2.24, 2.45) is 5.92 Å². The number of hydrogen-bond acceptors (Lipinski definition) is 4. The predicted molar refractivity (Wildman–Crippen MR) is 103 cm³/mol. The summed E-state index contributed by atoms with van der Waals surface area (Å²) in [4.78, 5) is 25.3. The first-order chi connectivity index (χ1) is 12.1. The summed E-state index contributed by atoms with van der Waals surface area (Å²) in [7, 11) is 0. The minimum Gasteiger partial charge on any atom is -0.469 e. The van der Waals surface area contributed by atoms with E-state index in [1.165, 1.54) is 0 Å². The molecule has 1 aliphatic rings. The number of rotatable bonds is 6. The highest BCUT2D eigenvalue weighted by Gasteiger charge is 2.18. The number of amides is 1. The average molecular weight is 380 g/mol. The van der Waals surface area contributed by atoms with Gasteiger partial charge in [-0.25, -0.2) is 0 Å². The van der Waals surface area contributed by atoms with E-state index in [1.807, 2.05) is 18.2 Å². The van der Waals surface area contributed by atoms with E-state index in [-0.39, 0.29) is 29.4 Å². The van der Waals surface area contributed by atoms with Gasteiger partial charge in [0.1, 0.15) is 11.3 Å². The van der Waals surface area contributed by atoms with Crippen LogP contribution in [0.15, 0.2) is 39.9 Å². The van der Waals surface area contributed by atoms with Crippen molar-refractivity contribution in [3.05, 3.63) is 57.9 Å². The van der Waals surface area contributed by atoms with Crippen molar-refractivity contribution in [2.45, 2.75) is 32.7 Å². The van der Waals surface area contributed by atoms with Crippen LogP contribution >= 0.6 is 12.4 Å². The van der Waals surface area contributed by atoms with Gasteiger partial charge < -0.3 is 19.6 Å². The lowest BCUT2D eigenvalue weighted by molar-refractivity contribution is 0.0950. The van der Waals surface area contributed by atoms with Crippen LogP contribution in [-0.2, 0) is 13.0 Å². The molecule has 3 rings (SSSR count). The molecule has 26 heavy (non-hydrogen) atoms. The zero-order valence-electron chi connectivity index (χ0n) is 15.0. The van der Waals surface area contributed by atoms with Crippen molar-refractivity contribution >= 4 is 18.3 Å². The van der Waals surface area contributed by atoms with E-state index in [0.29, 0.717) is 31.0 Å². The maximum atomic E-state index is 12.8. The number of carbonyl (C=O) groups excluding carboxylic acids is 1. The molecule has 1 fully saturated rings. The molecule has 2 aromatic heterocycles. The Balaban J connectivity index is 0.00000243. The Morgan fingerprint density at radius 2 is 2.27 bits per heavy atom. The molecule has 0 aromatic carbocycles. The van der Waals surface area contributed by atoms with Gasteiger partial charge in [-0.15, -0.1) is 12.4 Å². The highest BCUT2D eigenvalue weighted by molar-refractivity contribution is 5.95. The lowest BCUT2D eigenvalue weighted by Gasteiger charge is -2.23. The van der Waals surface area contributed by atoms with E-state index in [2.05, 4.69) is 10.6 Å². The first-order valence-electron chi connectivity index (χ1n) is 8.86. The second-order valence-electron chi connectivity index (χ2n) is 6.63. The SMILES string of the molecule is Cc1ccn(CC2CCCNC2)c(=O)c1C(=O)NCCc1ccco1.Cl. The van der Waals surface area contributed by atoms with Crippen molar-refractivity contribution in [3.8, 4) is 0 Å². The highest BCUT2D eigenvalue weighted by Crippen LogP contribution is 2.12. The number of hydrogen-bond donors (Lipinski definition) is 2. The monoisotopic (exact) mass is 379 g/mol. The molecule has 0 saturated carbocycles. The van der Waals surface area contributed by atoms with Crippen LogP contribution in [0.5, 0.6) is 0 Å². The Morgan fingerprint density at radius 3 is 2.96 bits per heavy atom. The predicted octanol–water partition coefficient (Wildman–Crippen LogP) is 2.14. The van der Waals surface area contributed by atoms with Gasteiger partial charge in [-0.2, -0.15) is 0 Å². The Kier molecular flexibility index (Phi) is 7.48. The molecule has 142 valence electrons. The molecular weight excluding hydrogens is 354 g/mol. The molecule has 1 atom stereocenters. The molecular formula is C19H26ClN3O3. The van der Waals surface area contributed by atoms with E-state index < -0.39 is 0 Å². The summed E-state index contributed by atoms with van der Waals surface area (Å²) in [6, 6.07) is 5.53. The highest BCUT2D eigenvalue weighted by atomic mass is 35.5. The largest absolute Gasteiger partial charge is 0.469 e. The molecule has 2 N–H and O–H groups in total. The molecule has 7 heteroatoms. The number of halogens is 1. The Labute approximate surface area is 159 Å². The fraction of sp³-hybridized carbons (Fsp3) is 0.474. The fourth-order valence-corrected chi connectivity index (χ4v) is 3.29. The van der Waals surface area contributed by atoms with Crippen LogP contribution in [-0.4, -0.2) is 30.1 Å². The van der Waals surface area contributed by atoms with Gasteiger partial charge in [0.05, 0.1) is 6.26 Å². The third kappa shape index (κ3) is 4.99. The summed E-state index contributed by atoms with van der Waals surface area (Å²) in [5.41, 5.74) is 0.741. The first kappa shape index (κ1) is 20.3. The lowest BCUT2D eigenvalue weighted by Crippen LogP contribution is -2.38. The standard InChI is InChI=1S/C19H25N3O3.ClH/c1-14-7-10-22(13-15-4-2-8-20-12-15)19(24)17(14)18(23)21-9-6-16-5-3-11-25-16;/h3,5,7,10-11,15,20H,2,4,6,8-9,12-13H2,1H3,(H,21,23);1H. The van der Waals surface area contributed by atoms with Gasteiger partial charge in [-0.3, -0.25) is 9.59 Å². The van der Waals surface area contributed by atoms with Crippen molar-refractivity contribution in [1.82, 2.24) is 15.2 Å². The third-order valence-electron chi connectivity index (χ3n) is 4.69. The Bertz CT molecular complexity index is 765. The number of carbonyl (C=O) groups is 1. The molecule has 0 radical (unpaired) electrons. The van der Waals surface area contributed by atoms with Crippen LogP contribution in [0.25, 0.3) is 0 Å². The molecule has 3 heterocycles. The number of furan rings is 1. The number of nitrogens with one attached hydrogen (secondary N) is 2. The van der Waals surface area contributed by atoms with Gasteiger partial charge in [0.25, 0.3) is 11.5 Å². The minimum absolute atomic E-state index is 0. The molecule has 0 spiro atoms. The number of aryl methyl sites for hydroxylation is 1. The maximum Gasteiger partial charge on any atom is 0.263 e. The molecule has 2 aromatic rings. The zero-order chi connectivity index (χ0) is 17.6. The maximum absolute atomic E-state index is 12.8. The van der Waals surface area contributed by atoms with Crippen molar-refractivity contribution < 1.29 is 9.21 Å². The minimum atomic E-state index is -0.315. The number of pyridine rings is 1. The summed E-state index contributed by atoms with van der Waals surface area (Å²) >= 11 is 0. The molecule has 1 aliphatic heterocycles. The smallest absolute Gasteiger partial charge is 0.263 e. The van der Waals surface area contributed by atoms with Crippen LogP contribution in [0.2, 0.25) is 0 Å². The van der Waals surface area contributed by atoms with Crippen LogP contribution in [0.3, 0.4) is 0 Å². The fourth-order valence-electron chi connectivity index (χ4n) is 3.29. The normalized spacial score (nSPS) is 16.7. The van der Waals surface area contributed by atoms with E-state index in [9.17, 15) is 9.59 Å². The van der Waals surface area contributed by atoms with E-state index >= 15 is 0 Å². The molecule has 0 bridgehead atoms. The lowest BCUT2D eigenvalue weighted by atomic mass is 9.99. The van der Waals surface area contributed by atoms with Crippen LogP contribution in [0.4, 0.5) is 0 Å². The molecule has 6 nitrogen and oxygen atoms in total. The van der Waals surface area contributed by atoms with Crippen molar-refractivity contribution in [3.63, 3.8) is 0 Å². The van der Waals surface area contributed by atoms with Gasteiger partial charge in [0, 0.05) is 25.7 Å². The van der Waals surface area contributed by atoms with Gasteiger partial charge in [-0.05, 0) is 62.5 Å². The molecule has 1 amide bonds.